The fourth-order valence-electron chi connectivity index (χ4n) is 2.48. The molecule has 0 saturated carbocycles. The third-order valence-corrected chi connectivity index (χ3v) is 4.72. The summed E-state index contributed by atoms with van der Waals surface area (Å²) < 4.78 is 19.5. The van der Waals surface area contributed by atoms with Crippen molar-refractivity contribution in [2.24, 2.45) is 0 Å². The zero-order chi connectivity index (χ0) is 20.3. The van der Waals surface area contributed by atoms with Crippen LogP contribution >= 0.6 is 11.3 Å². The molecule has 0 aliphatic carbocycles. The van der Waals surface area contributed by atoms with E-state index >= 15 is 0 Å². The Morgan fingerprint density at radius 1 is 1.07 bits per heavy atom. The first kappa shape index (κ1) is 20.2. The van der Waals surface area contributed by atoms with Crippen molar-refractivity contribution in [3.05, 3.63) is 49.4 Å². The second kappa shape index (κ2) is 8.04. The molecule has 2 aromatic rings. The van der Waals surface area contributed by atoms with Crippen molar-refractivity contribution in [2.75, 3.05) is 20.0 Å². The van der Waals surface area contributed by atoms with Gasteiger partial charge in [0.25, 0.3) is 0 Å². The normalized spacial score (nSPS) is 10.4. The molecular weight excluding hydrogens is 378 g/mol. The number of esters is 3. The van der Waals surface area contributed by atoms with Crippen molar-refractivity contribution < 1.29 is 33.0 Å². The number of ether oxygens (including phenoxy) is 3. The molecule has 0 atom stereocenters. The van der Waals surface area contributed by atoms with Crippen molar-refractivity contribution in [1.82, 2.24) is 0 Å². The third-order valence-electron chi connectivity index (χ3n) is 3.68. The molecule has 0 aliphatic rings. The number of thiophene rings is 1. The average molecular weight is 395 g/mol. The highest BCUT2D eigenvalue weighted by molar-refractivity contribution is 7.18. The fraction of sp³-hybridized carbons (Fsp3) is 0.294. The monoisotopic (exact) mass is 395 g/mol. The van der Waals surface area contributed by atoms with E-state index in [1.807, 2.05) is 0 Å². The second-order valence-corrected chi connectivity index (χ2v) is 6.44. The Labute approximate surface area is 157 Å². The minimum atomic E-state index is -0.787. The van der Waals surface area contributed by atoms with Crippen LogP contribution in [0, 0.1) is 13.8 Å². The first-order valence-electron chi connectivity index (χ1n) is 7.57. The van der Waals surface area contributed by atoms with Gasteiger partial charge in [-0.2, -0.15) is 0 Å². The smallest absolute Gasteiger partial charge is 0.348 e. The predicted octanol–water partition coefficient (Wildman–Crippen LogP) is 1.83. The molecule has 0 bridgehead atoms. The van der Waals surface area contributed by atoms with Crippen LogP contribution < -0.4 is 11.4 Å². The predicted molar refractivity (Wildman–Crippen MR) is 95.0 cm³/mol. The number of hydrogen-bond acceptors (Lipinski definition) is 10. The molecule has 0 unspecified atom stereocenters. The Hall–Kier alpha value is -3.14. The first-order valence-corrected chi connectivity index (χ1v) is 8.39. The van der Waals surface area contributed by atoms with Crippen molar-refractivity contribution in [1.29, 1.82) is 0 Å². The number of aryl methyl sites for hydroxylation is 2. The van der Waals surface area contributed by atoms with Crippen LogP contribution in [0.4, 0.5) is 5.00 Å². The third kappa shape index (κ3) is 4.00. The summed E-state index contributed by atoms with van der Waals surface area (Å²) in [6.07, 6.45) is 0. The highest BCUT2D eigenvalue weighted by atomic mass is 32.1. The van der Waals surface area contributed by atoms with E-state index in [1.165, 1.54) is 14.0 Å². The molecule has 0 aromatic carbocycles. The van der Waals surface area contributed by atoms with E-state index < -0.39 is 30.1 Å². The van der Waals surface area contributed by atoms with E-state index in [0.717, 1.165) is 24.5 Å². The highest BCUT2D eigenvalue weighted by Crippen LogP contribution is 2.33. The number of methoxy groups -OCH3 is 2. The van der Waals surface area contributed by atoms with Gasteiger partial charge in [0.15, 0.2) is 0 Å². The maximum absolute atomic E-state index is 12.4. The van der Waals surface area contributed by atoms with E-state index in [1.54, 1.807) is 6.92 Å². The van der Waals surface area contributed by atoms with Gasteiger partial charge in [0.1, 0.15) is 33.4 Å². The number of nitrogens with two attached hydrogens (primary N) is 1. The van der Waals surface area contributed by atoms with Gasteiger partial charge < -0.3 is 24.4 Å². The summed E-state index contributed by atoms with van der Waals surface area (Å²) in [7, 11) is 2.33. The van der Waals surface area contributed by atoms with Crippen LogP contribution in [0.2, 0.25) is 0 Å². The summed E-state index contributed by atoms with van der Waals surface area (Å²) >= 11 is 0.824. The van der Waals surface area contributed by atoms with Crippen molar-refractivity contribution in [3.63, 3.8) is 0 Å². The van der Waals surface area contributed by atoms with Crippen molar-refractivity contribution in [2.45, 2.75) is 20.5 Å². The summed E-state index contributed by atoms with van der Waals surface area (Å²) in [6, 6.07) is 1.16. The first-order chi connectivity index (χ1) is 12.7. The molecule has 144 valence electrons. The number of anilines is 1. The highest BCUT2D eigenvalue weighted by Gasteiger charge is 2.28. The Bertz CT molecular complexity index is 946. The van der Waals surface area contributed by atoms with Gasteiger partial charge >= 0.3 is 23.5 Å². The van der Waals surface area contributed by atoms with Crippen molar-refractivity contribution in [3.8, 4) is 0 Å². The Morgan fingerprint density at radius 3 is 2.26 bits per heavy atom. The van der Waals surface area contributed by atoms with Gasteiger partial charge in [0.05, 0.1) is 14.2 Å². The minimum absolute atomic E-state index is 0.0243. The quantitative estimate of drug-likeness (QED) is 0.594. The number of carbonyl (C=O) groups excluding carboxylic acids is 3. The molecular formula is C17H17NO8S. The zero-order valence-corrected chi connectivity index (χ0v) is 15.9. The maximum atomic E-state index is 12.4. The van der Waals surface area contributed by atoms with Crippen LogP contribution in [-0.4, -0.2) is 32.1 Å². The van der Waals surface area contributed by atoms with Gasteiger partial charge in [-0.15, -0.1) is 11.3 Å². The second-order valence-electron chi connectivity index (χ2n) is 5.39. The van der Waals surface area contributed by atoms with Crippen LogP contribution in [0.25, 0.3) is 0 Å². The Balaban J connectivity index is 2.40. The number of carbonyl (C=O) groups is 3. The molecule has 0 radical (unpaired) electrons. The van der Waals surface area contributed by atoms with Crippen LogP contribution in [0.1, 0.15) is 47.3 Å². The van der Waals surface area contributed by atoms with E-state index in [2.05, 4.69) is 9.47 Å². The van der Waals surface area contributed by atoms with Gasteiger partial charge in [0.2, 0.25) is 0 Å². The summed E-state index contributed by atoms with van der Waals surface area (Å²) in [5.41, 5.74) is 5.69. The molecule has 2 aromatic heterocycles. The van der Waals surface area contributed by atoms with Gasteiger partial charge in [0, 0.05) is 11.6 Å². The van der Waals surface area contributed by atoms with Gasteiger partial charge in [-0.3, -0.25) is 0 Å². The molecule has 2 rings (SSSR count). The lowest BCUT2D eigenvalue weighted by Gasteiger charge is -2.10. The molecule has 9 nitrogen and oxygen atoms in total. The fourth-order valence-corrected chi connectivity index (χ4v) is 3.46. The molecule has 0 spiro atoms. The standard InChI is InChI=1S/C17H17NO8S/c1-7-5-10(19)26-8(2)11(7)16(21)25-6-9-12(15(20)23-3)14(18)27-13(9)17(22)24-4/h5H,6,18H2,1-4H3. The van der Waals surface area contributed by atoms with Crippen LogP contribution in [-0.2, 0) is 20.8 Å². The lowest BCUT2D eigenvalue weighted by Crippen LogP contribution is -2.15. The summed E-state index contributed by atoms with van der Waals surface area (Å²) in [5.74, 6) is -2.20. The Morgan fingerprint density at radius 2 is 1.70 bits per heavy atom. The number of nitrogen functional groups attached to an aromatic ring is 1. The van der Waals surface area contributed by atoms with Gasteiger partial charge in [-0.1, -0.05) is 0 Å². The van der Waals surface area contributed by atoms with E-state index in [9.17, 15) is 19.2 Å². The topological polar surface area (TPSA) is 135 Å². The lowest BCUT2D eigenvalue weighted by atomic mass is 10.1. The van der Waals surface area contributed by atoms with E-state index in [0.29, 0.717) is 5.56 Å². The summed E-state index contributed by atoms with van der Waals surface area (Å²) in [5, 5.41) is 0.0337. The maximum Gasteiger partial charge on any atom is 0.348 e. The largest absolute Gasteiger partial charge is 0.465 e. The minimum Gasteiger partial charge on any atom is -0.465 e. The molecule has 27 heavy (non-hydrogen) atoms. The molecule has 10 heteroatoms. The summed E-state index contributed by atoms with van der Waals surface area (Å²) in [4.78, 5) is 47.8. The number of hydrogen-bond donors (Lipinski definition) is 1. The molecule has 2 N–H and O–H groups in total. The Kier molecular flexibility index (Phi) is 6.01. The molecule has 0 aliphatic heterocycles. The van der Waals surface area contributed by atoms with E-state index in [-0.39, 0.29) is 32.3 Å². The number of rotatable bonds is 5. The van der Waals surface area contributed by atoms with Crippen LogP contribution in [0.5, 0.6) is 0 Å². The van der Waals surface area contributed by atoms with Gasteiger partial charge in [-0.05, 0) is 19.4 Å². The molecule has 0 saturated heterocycles. The molecule has 2 heterocycles. The lowest BCUT2D eigenvalue weighted by molar-refractivity contribution is 0.0447. The zero-order valence-electron chi connectivity index (χ0n) is 15.0. The molecule has 0 fully saturated rings. The average Bonchev–Trinajstić information content (AvgIpc) is 2.94. The van der Waals surface area contributed by atoms with Crippen molar-refractivity contribution >= 4 is 34.2 Å². The SMILES string of the molecule is COC(=O)c1sc(N)c(C(=O)OC)c1COC(=O)c1c(C)cc(=O)oc1C. The molecule has 0 amide bonds. The van der Waals surface area contributed by atoms with Gasteiger partial charge in [-0.25, -0.2) is 19.2 Å². The summed E-state index contributed by atoms with van der Waals surface area (Å²) in [6.45, 7) is 2.58. The van der Waals surface area contributed by atoms with Crippen LogP contribution in [0.15, 0.2) is 15.3 Å². The van der Waals surface area contributed by atoms with Crippen LogP contribution in [0.3, 0.4) is 0 Å². The van der Waals surface area contributed by atoms with E-state index in [4.69, 9.17) is 14.9 Å².